The number of amides is 2. The van der Waals surface area contributed by atoms with Crippen LogP contribution in [-0.2, 0) is 9.53 Å². The Bertz CT molecular complexity index is 550. The molecule has 0 bridgehead atoms. The lowest BCUT2D eigenvalue weighted by atomic mass is 9.81. The number of hydrogen-bond donors (Lipinski definition) is 3. The number of ether oxygens (including phenoxy) is 1. The van der Waals surface area contributed by atoms with Crippen molar-refractivity contribution in [2.24, 2.45) is 17.6 Å². The summed E-state index contributed by atoms with van der Waals surface area (Å²) in [7, 11) is 0. The molecule has 0 aromatic heterocycles. The van der Waals surface area contributed by atoms with Gasteiger partial charge >= 0.3 is 6.09 Å². The molecule has 0 aliphatic heterocycles. The molecule has 7 nitrogen and oxygen atoms in total. The van der Waals surface area contributed by atoms with E-state index in [2.05, 4.69) is 13.8 Å². The van der Waals surface area contributed by atoms with Crippen LogP contribution in [0.5, 0.6) is 0 Å². The van der Waals surface area contributed by atoms with Gasteiger partial charge in [-0.25, -0.2) is 4.79 Å². The van der Waals surface area contributed by atoms with Gasteiger partial charge in [0.15, 0.2) is 0 Å². The Labute approximate surface area is 182 Å². The number of nitrogens with zero attached hydrogens (tertiary/aromatic N) is 1. The molecule has 4 N–H and O–H groups in total. The Morgan fingerprint density at radius 3 is 2.17 bits per heavy atom. The predicted octanol–water partition coefficient (Wildman–Crippen LogP) is 3.60. The van der Waals surface area contributed by atoms with Crippen molar-refractivity contribution in [1.29, 1.82) is 0 Å². The first-order chi connectivity index (χ1) is 13.7. The molecule has 0 saturated heterocycles. The monoisotopic (exact) mass is 428 g/mol. The van der Waals surface area contributed by atoms with Gasteiger partial charge in [0.1, 0.15) is 11.2 Å². The summed E-state index contributed by atoms with van der Waals surface area (Å²) in [4.78, 5) is 26.3. The van der Waals surface area contributed by atoms with Crippen LogP contribution in [0.1, 0.15) is 92.9 Å². The molecule has 176 valence electrons. The summed E-state index contributed by atoms with van der Waals surface area (Å²) in [5.74, 6) is -0.124. The van der Waals surface area contributed by atoms with E-state index in [4.69, 9.17) is 10.5 Å². The molecule has 0 aromatic rings. The molecule has 1 aliphatic carbocycles. The Kier molecular flexibility index (Phi) is 10.1. The molecule has 7 heteroatoms. The summed E-state index contributed by atoms with van der Waals surface area (Å²) in [6, 6.07) is -0.549. The Morgan fingerprint density at radius 2 is 1.70 bits per heavy atom. The highest BCUT2D eigenvalue weighted by molar-refractivity contribution is 5.82. The third kappa shape index (κ3) is 9.21. The zero-order chi connectivity index (χ0) is 23.1. The molecule has 3 atom stereocenters. The van der Waals surface area contributed by atoms with Gasteiger partial charge < -0.3 is 25.6 Å². The highest BCUT2D eigenvalue weighted by Gasteiger charge is 2.39. The van der Waals surface area contributed by atoms with Gasteiger partial charge in [-0.2, -0.15) is 0 Å². The van der Waals surface area contributed by atoms with Crippen molar-refractivity contribution in [2.45, 2.75) is 116 Å². The summed E-state index contributed by atoms with van der Waals surface area (Å²) in [6.45, 7) is 11.4. The summed E-state index contributed by atoms with van der Waals surface area (Å²) in [5.41, 5.74) is 2.81. The van der Waals surface area contributed by atoms with Crippen molar-refractivity contribution in [3.8, 4) is 0 Å². The standard InChI is InChI=1S/C23H44N2O5/c1-16(2)12-13-25(21(28)30-22(3,4)5)18(14-17-10-8-7-9-11-17)19(26)15-23(6,29)20(24)27/h16-19,26,29H,7-15H2,1-6H3,(H2,24,27)/t18-,19-,23-/m0/s1. The van der Waals surface area contributed by atoms with E-state index in [1.54, 1.807) is 4.90 Å². The second-order valence-corrected chi connectivity index (χ2v) is 10.6. The van der Waals surface area contributed by atoms with Crippen LogP contribution in [-0.4, -0.2) is 57.0 Å². The quantitative estimate of drug-likeness (QED) is 0.492. The van der Waals surface area contributed by atoms with Gasteiger partial charge in [0, 0.05) is 13.0 Å². The van der Waals surface area contributed by atoms with E-state index in [0.29, 0.717) is 24.8 Å². The van der Waals surface area contributed by atoms with Crippen molar-refractivity contribution in [1.82, 2.24) is 4.90 Å². The average Bonchev–Trinajstić information content (AvgIpc) is 2.59. The Morgan fingerprint density at radius 1 is 1.13 bits per heavy atom. The largest absolute Gasteiger partial charge is 0.444 e. The normalized spacial score (nSPS) is 19.8. The molecule has 0 aromatic carbocycles. The van der Waals surface area contributed by atoms with Crippen LogP contribution in [0.2, 0.25) is 0 Å². The fraction of sp³-hybridized carbons (Fsp3) is 0.913. The third-order valence-electron chi connectivity index (χ3n) is 5.86. The molecule has 0 spiro atoms. The maximum atomic E-state index is 13.1. The Hall–Kier alpha value is -1.34. The molecular weight excluding hydrogens is 384 g/mol. The van der Waals surface area contributed by atoms with Crippen LogP contribution >= 0.6 is 0 Å². The van der Waals surface area contributed by atoms with Crippen molar-refractivity contribution in [3.05, 3.63) is 0 Å². The molecule has 1 aliphatic rings. The van der Waals surface area contributed by atoms with Gasteiger partial charge in [0.05, 0.1) is 12.1 Å². The van der Waals surface area contributed by atoms with Crippen LogP contribution < -0.4 is 5.73 Å². The average molecular weight is 429 g/mol. The van der Waals surface area contributed by atoms with Gasteiger partial charge in [0.2, 0.25) is 5.91 Å². The first-order valence-corrected chi connectivity index (χ1v) is 11.4. The molecular formula is C23H44N2O5. The SMILES string of the molecule is CC(C)CCN(C(=O)OC(C)(C)C)[C@@H](CC1CCCCC1)[C@@H](O)C[C@](C)(O)C(N)=O. The first kappa shape index (κ1) is 26.7. The van der Waals surface area contributed by atoms with E-state index in [1.165, 1.54) is 13.3 Å². The smallest absolute Gasteiger partial charge is 0.410 e. The summed E-state index contributed by atoms with van der Waals surface area (Å²) in [6.07, 6.45) is 5.21. The number of aliphatic hydroxyl groups is 2. The number of primary amides is 1. The number of carbonyl (C=O) groups is 2. The van der Waals surface area contributed by atoms with Crippen LogP contribution in [0.15, 0.2) is 0 Å². The van der Waals surface area contributed by atoms with Crippen LogP contribution in [0.3, 0.4) is 0 Å². The summed E-state index contributed by atoms with van der Waals surface area (Å²) in [5, 5.41) is 21.5. The minimum Gasteiger partial charge on any atom is -0.444 e. The van der Waals surface area contributed by atoms with Crippen LogP contribution in [0.4, 0.5) is 4.79 Å². The fourth-order valence-corrected chi connectivity index (χ4v) is 4.01. The zero-order valence-corrected chi connectivity index (χ0v) is 19.8. The van der Waals surface area contributed by atoms with Gasteiger partial charge in [-0.05, 0) is 52.4 Å². The maximum absolute atomic E-state index is 13.1. The molecule has 0 heterocycles. The minimum absolute atomic E-state index is 0.222. The van der Waals surface area contributed by atoms with Crippen LogP contribution in [0.25, 0.3) is 0 Å². The zero-order valence-electron chi connectivity index (χ0n) is 19.8. The molecule has 0 radical (unpaired) electrons. The second kappa shape index (κ2) is 11.3. The van der Waals surface area contributed by atoms with E-state index >= 15 is 0 Å². The number of nitrogens with two attached hydrogens (primary N) is 1. The fourth-order valence-electron chi connectivity index (χ4n) is 4.01. The number of aliphatic hydroxyl groups excluding tert-OH is 1. The molecule has 30 heavy (non-hydrogen) atoms. The number of carbonyl (C=O) groups excluding carboxylic acids is 2. The highest BCUT2D eigenvalue weighted by atomic mass is 16.6. The van der Waals surface area contributed by atoms with E-state index in [-0.39, 0.29) is 6.42 Å². The van der Waals surface area contributed by atoms with Gasteiger partial charge in [-0.3, -0.25) is 4.79 Å². The van der Waals surface area contributed by atoms with Crippen molar-refractivity contribution >= 4 is 12.0 Å². The molecule has 1 saturated carbocycles. The van der Waals surface area contributed by atoms with Crippen molar-refractivity contribution in [3.63, 3.8) is 0 Å². The molecule has 1 rings (SSSR count). The summed E-state index contributed by atoms with van der Waals surface area (Å²) < 4.78 is 5.65. The van der Waals surface area contributed by atoms with E-state index in [9.17, 15) is 19.8 Å². The first-order valence-electron chi connectivity index (χ1n) is 11.4. The van der Waals surface area contributed by atoms with E-state index in [1.807, 2.05) is 20.8 Å². The molecule has 2 amide bonds. The minimum atomic E-state index is -1.85. The predicted molar refractivity (Wildman–Crippen MR) is 118 cm³/mol. The third-order valence-corrected chi connectivity index (χ3v) is 5.86. The highest BCUT2D eigenvalue weighted by Crippen LogP contribution is 2.32. The topological polar surface area (TPSA) is 113 Å². The Balaban J connectivity index is 3.16. The lowest BCUT2D eigenvalue weighted by Crippen LogP contribution is -2.53. The second-order valence-electron chi connectivity index (χ2n) is 10.6. The van der Waals surface area contributed by atoms with E-state index in [0.717, 1.165) is 32.1 Å². The van der Waals surface area contributed by atoms with Gasteiger partial charge in [-0.15, -0.1) is 0 Å². The van der Waals surface area contributed by atoms with Crippen molar-refractivity contribution < 1.29 is 24.5 Å². The van der Waals surface area contributed by atoms with E-state index < -0.39 is 35.3 Å². The lowest BCUT2D eigenvalue weighted by molar-refractivity contribution is -0.138. The number of hydrogen-bond acceptors (Lipinski definition) is 5. The number of rotatable bonds is 10. The maximum Gasteiger partial charge on any atom is 0.410 e. The lowest BCUT2D eigenvalue weighted by Gasteiger charge is -2.40. The molecule has 1 fully saturated rings. The van der Waals surface area contributed by atoms with Gasteiger partial charge in [0.25, 0.3) is 0 Å². The van der Waals surface area contributed by atoms with Crippen molar-refractivity contribution in [2.75, 3.05) is 6.54 Å². The van der Waals surface area contributed by atoms with Crippen LogP contribution in [0, 0.1) is 11.8 Å². The summed E-state index contributed by atoms with van der Waals surface area (Å²) >= 11 is 0. The molecule has 0 unspecified atom stereocenters. The van der Waals surface area contributed by atoms with Gasteiger partial charge in [-0.1, -0.05) is 46.0 Å².